The van der Waals surface area contributed by atoms with E-state index in [0.29, 0.717) is 6.54 Å². The molecule has 0 spiro atoms. The first kappa shape index (κ1) is 13.5. The molecular formula is C15H13N3O2S. The maximum Gasteiger partial charge on any atom is 0.270 e. The predicted molar refractivity (Wildman–Crippen MR) is 82.5 cm³/mol. The Morgan fingerprint density at radius 3 is 2.81 bits per heavy atom. The van der Waals surface area contributed by atoms with Crippen molar-refractivity contribution in [3.63, 3.8) is 0 Å². The van der Waals surface area contributed by atoms with Crippen LogP contribution in [0.4, 0.5) is 0 Å². The highest BCUT2D eigenvalue weighted by molar-refractivity contribution is 7.18. The largest absolute Gasteiger partial charge is 0.334 e. The second-order valence-corrected chi connectivity index (χ2v) is 5.78. The van der Waals surface area contributed by atoms with Gasteiger partial charge >= 0.3 is 0 Å². The first-order valence-corrected chi connectivity index (χ1v) is 7.24. The van der Waals surface area contributed by atoms with Gasteiger partial charge in [0.15, 0.2) is 0 Å². The molecule has 3 rings (SSSR count). The standard InChI is InChI=1S/C15H13N3O2S/c1-18(15(20)11-6-4-8-13(19)16-11)9-14-17-10-5-2-3-7-12(10)21-14/h2-8H,9H2,1H3,(H,16,19). The fraction of sp³-hybridized carbons (Fsp3) is 0.133. The van der Waals surface area contributed by atoms with Crippen molar-refractivity contribution in [1.29, 1.82) is 0 Å². The van der Waals surface area contributed by atoms with Gasteiger partial charge in [-0.15, -0.1) is 11.3 Å². The van der Waals surface area contributed by atoms with Crippen LogP contribution in [0.3, 0.4) is 0 Å². The molecule has 2 aromatic heterocycles. The maximum absolute atomic E-state index is 12.2. The number of amides is 1. The van der Waals surface area contributed by atoms with Crippen molar-refractivity contribution in [1.82, 2.24) is 14.9 Å². The zero-order chi connectivity index (χ0) is 14.8. The Labute approximate surface area is 124 Å². The lowest BCUT2D eigenvalue weighted by Crippen LogP contribution is -2.28. The molecule has 0 atom stereocenters. The summed E-state index contributed by atoms with van der Waals surface area (Å²) < 4.78 is 1.10. The van der Waals surface area contributed by atoms with Crippen LogP contribution in [-0.4, -0.2) is 27.8 Å². The molecule has 21 heavy (non-hydrogen) atoms. The third-order valence-electron chi connectivity index (χ3n) is 3.06. The molecule has 106 valence electrons. The van der Waals surface area contributed by atoms with Crippen molar-refractivity contribution in [2.45, 2.75) is 6.54 Å². The predicted octanol–water partition coefficient (Wildman–Crippen LogP) is 2.26. The highest BCUT2D eigenvalue weighted by Gasteiger charge is 2.14. The molecular weight excluding hydrogens is 286 g/mol. The Morgan fingerprint density at radius 2 is 2.05 bits per heavy atom. The first-order valence-electron chi connectivity index (χ1n) is 6.43. The van der Waals surface area contributed by atoms with Crippen molar-refractivity contribution in [2.75, 3.05) is 7.05 Å². The number of carbonyl (C=O) groups is 1. The summed E-state index contributed by atoms with van der Waals surface area (Å²) in [5.74, 6) is -0.230. The lowest BCUT2D eigenvalue weighted by atomic mass is 10.3. The van der Waals surface area contributed by atoms with Gasteiger partial charge in [0.1, 0.15) is 10.7 Å². The maximum atomic E-state index is 12.2. The van der Waals surface area contributed by atoms with Gasteiger partial charge in [0, 0.05) is 13.1 Å². The molecule has 0 aliphatic carbocycles. The van der Waals surface area contributed by atoms with E-state index in [9.17, 15) is 9.59 Å². The number of para-hydroxylation sites is 1. The lowest BCUT2D eigenvalue weighted by molar-refractivity contribution is 0.0779. The molecule has 0 aliphatic heterocycles. The number of hydrogen-bond donors (Lipinski definition) is 1. The highest BCUT2D eigenvalue weighted by Crippen LogP contribution is 2.22. The number of thiazole rings is 1. The van der Waals surface area contributed by atoms with E-state index in [0.717, 1.165) is 15.2 Å². The summed E-state index contributed by atoms with van der Waals surface area (Å²) in [6.07, 6.45) is 0. The summed E-state index contributed by atoms with van der Waals surface area (Å²) in [6.45, 7) is 0.412. The molecule has 1 amide bonds. The molecule has 0 saturated heterocycles. The van der Waals surface area contributed by atoms with Crippen molar-refractivity contribution < 1.29 is 4.79 Å². The summed E-state index contributed by atoms with van der Waals surface area (Å²) in [5.41, 5.74) is 0.937. The number of pyridine rings is 1. The van der Waals surface area contributed by atoms with Crippen LogP contribution in [0.15, 0.2) is 47.3 Å². The molecule has 0 aliphatic rings. The van der Waals surface area contributed by atoms with Gasteiger partial charge in [-0.3, -0.25) is 9.59 Å². The molecule has 0 unspecified atom stereocenters. The molecule has 5 nitrogen and oxygen atoms in total. The SMILES string of the molecule is CN(Cc1nc2ccccc2s1)C(=O)c1cccc(=O)[nH]1. The van der Waals surface area contributed by atoms with Gasteiger partial charge in [-0.1, -0.05) is 18.2 Å². The second kappa shape index (κ2) is 5.49. The monoisotopic (exact) mass is 299 g/mol. The van der Waals surface area contributed by atoms with E-state index in [1.807, 2.05) is 24.3 Å². The van der Waals surface area contributed by atoms with Gasteiger partial charge in [-0.2, -0.15) is 0 Å². The van der Waals surface area contributed by atoms with E-state index in [-0.39, 0.29) is 17.2 Å². The Balaban J connectivity index is 1.80. The fourth-order valence-corrected chi connectivity index (χ4v) is 3.06. The number of aromatic nitrogens is 2. The minimum absolute atomic E-state index is 0.230. The van der Waals surface area contributed by atoms with Crippen molar-refractivity contribution in [3.8, 4) is 0 Å². The topological polar surface area (TPSA) is 66.1 Å². The summed E-state index contributed by atoms with van der Waals surface area (Å²) >= 11 is 1.56. The number of benzene rings is 1. The Kier molecular flexibility index (Phi) is 3.53. The molecule has 6 heteroatoms. The molecule has 0 fully saturated rings. The zero-order valence-electron chi connectivity index (χ0n) is 11.4. The third kappa shape index (κ3) is 2.85. The van der Waals surface area contributed by atoms with Gasteiger partial charge in [-0.25, -0.2) is 4.98 Å². The Bertz CT molecular complexity index is 820. The van der Waals surface area contributed by atoms with Crippen LogP contribution in [0.2, 0.25) is 0 Å². The van der Waals surface area contributed by atoms with Crippen molar-refractivity contribution in [2.24, 2.45) is 0 Å². The van der Waals surface area contributed by atoms with Crippen molar-refractivity contribution in [3.05, 3.63) is 63.5 Å². The summed E-state index contributed by atoms with van der Waals surface area (Å²) in [4.78, 5) is 32.1. The number of fused-ring (bicyclic) bond motifs is 1. The number of H-pyrrole nitrogens is 1. The molecule has 0 bridgehead atoms. The van der Waals surface area contributed by atoms with E-state index in [2.05, 4.69) is 9.97 Å². The summed E-state index contributed by atoms with van der Waals surface area (Å²) in [7, 11) is 1.69. The number of rotatable bonds is 3. The number of carbonyl (C=O) groups excluding carboxylic acids is 1. The van der Waals surface area contributed by atoms with Crippen LogP contribution in [0.25, 0.3) is 10.2 Å². The Hall–Kier alpha value is -2.47. The summed E-state index contributed by atoms with van der Waals surface area (Å²) in [6, 6.07) is 12.4. The van der Waals surface area contributed by atoms with Gasteiger partial charge in [0.2, 0.25) is 5.56 Å². The van der Waals surface area contributed by atoms with E-state index in [1.54, 1.807) is 35.4 Å². The number of hydrogen-bond acceptors (Lipinski definition) is 4. The average Bonchev–Trinajstić information content (AvgIpc) is 2.88. The van der Waals surface area contributed by atoms with E-state index >= 15 is 0 Å². The smallest absolute Gasteiger partial charge is 0.270 e. The van der Waals surface area contributed by atoms with Crippen LogP contribution in [0.5, 0.6) is 0 Å². The lowest BCUT2D eigenvalue weighted by Gasteiger charge is -2.15. The van der Waals surface area contributed by atoms with Crippen molar-refractivity contribution >= 4 is 27.5 Å². The van der Waals surface area contributed by atoms with Crippen LogP contribution in [0.1, 0.15) is 15.5 Å². The van der Waals surface area contributed by atoms with Crippen LogP contribution >= 0.6 is 11.3 Å². The van der Waals surface area contributed by atoms with E-state index in [1.165, 1.54) is 6.07 Å². The molecule has 1 N–H and O–H groups in total. The van der Waals surface area contributed by atoms with Gasteiger partial charge in [0.05, 0.1) is 16.8 Å². The summed E-state index contributed by atoms with van der Waals surface area (Å²) in [5, 5.41) is 0.866. The minimum atomic E-state index is -0.283. The number of aromatic amines is 1. The highest BCUT2D eigenvalue weighted by atomic mass is 32.1. The molecule has 1 aromatic carbocycles. The quantitative estimate of drug-likeness (QED) is 0.806. The molecule has 3 aromatic rings. The third-order valence-corrected chi connectivity index (χ3v) is 4.08. The first-order chi connectivity index (χ1) is 10.1. The average molecular weight is 299 g/mol. The van der Waals surface area contributed by atoms with Gasteiger partial charge < -0.3 is 9.88 Å². The normalized spacial score (nSPS) is 10.7. The van der Waals surface area contributed by atoms with Crippen LogP contribution in [-0.2, 0) is 6.54 Å². The molecule has 2 heterocycles. The Morgan fingerprint density at radius 1 is 1.24 bits per heavy atom. The number of nitrogens with zero attached hydrogens (tertiary/aromatic N) is 2. The molecule has 0 saturated carbocycles. The fourth-order valence-electron chi connectivity index (χ4n) is 2.04. The molecule has 0 radical (unpaired) electrons. The number of nitrogens with one attached hydrogen (secondary N) is 1. The van der Waals surface area contributed by atoms with Gasteiger partial charge in [0.25, 0.3) is 5.91 Å². The van der Waals surface area contributed by atoms with Gasteiger partial charge in [-0.05, 0) is 18.2 Å². The van der Waals surface area contributed by atoms with Crippen LogP contribution < -0.4 is 5.56 Å². The van der Waals surface area contributed by atoms with Crippen LogP contribution in [0, 0.1) is 0 Å². The van der Waals surface area contributed by atoms with E-state index < -0.39 is 0 Å². The zero-order valence-corrected chi connectivity index (χ0v) is 12.2. The second-order valence-electron chi connectivity index (χ2n) is 4.67. The van der Waals surface area contributed by atoms with E-state index in [4.69, 9.17) is 0 Å². The minimum Gasteiger partial charge on any atom is -0.334 e.